The van der Waals surface area contributed by atoms with E-state index in [-0.39, 0.29) is 40.9 Å². The van der Waals surface area contributed by atoms with Gasteiger partial charge in [-0.25, -0.2) is 0 Å². The summed E-state index contributed by atoms with van der Waals surface area (Å²) in [6, 6.07) is 8.92. The summed E-state index contributed by atoms with van der Waals surface area (Å²) in [7, 11) is 0. The van der Waals surface area contributed by atoms with Crippen molar-refractivity contribution in [1.29, 1.82) is 5.26 Å². The summed E-state index contributed by atoms with van der Waals surface area (Å²) in [5.41, 5.74) is 1.53. The topological polar surface area (TPSA) is 73.5 Å². The first-order valence-corrected chi connectivity index (χ1v) is 8.26. The summed E-state index contributed by atoms with van der Waals surface area (Å²) in [6.45, 7) is 0. The predicted molar refractivity (Wildman–Crippen MR) is 85.4 cm³/mol. The van der Waals surface area contributed by atoms with E-state index >= 15 is 0 Å². The fourth-order valence-electron chi connectivity index (χ4n) is 4.94. The van der Waals surface area contributed by atoms with Crippen LogP contribution in [-0.2, 0) is 9.59 Å². The Morgan fingerprint density at radius 1 is 1.08 bits per heavy atom. The van der Waals surface area contributed by atoms with Gasteiger partial charge >= 0.3 is 0 Å². The molecule has 0 aromatic heterocycles. The molecule has 2 saturated carbocycles. The van der Waals surface area contributed by atoms with Crippen LogP contribution in [0.4, 0.5) is 0 Å². The molecule has 2 amide bonds. The van der Waals surface area contributed by atoms with Crippen molar-refractivity contribution < 1.29 is 9.59 Å². The summed E-state index contributed by atoms with van der Waals surface area (Å²) in [4.78, 5) is 25.5. The number of imide groups is 1. The fourth-order valence-corrected chi connectivity index (χ4v) is 4.94. The quantitative estimate of drug-likeness (QED) is 0.476. The maximum Gasteiger partial charge on any atom is 0.254 e. The van der Waals surface area contributed by atoms with Crippen LogP contribution >= 0.6 is 0 Å². The fraction of sp³-hybridized carbons (Fsp3) is 0.368. The van der Waals surface area contributed by atoms with Crippen LogP contribution in [-0.4, -0.2) is 23.0 Å². The number of hydrogen-bond donors (Lipinski definition) is 0. The highest BCUT2D eigenvalue weighted by atomic mass is 16.2. The van der Waals surface area contributed by atoms with Crippen LogP contribution in [0.5, 0.6) is 0 Å². The molecule has 1 aliphatic heterocycles. The molecule has 0 unspecified atom stereocenters. The van der Waals surface area contributed by atoms with Gasteiger partial charge < -0.3 is 0 Å². The monoisotopic (exact) mass is 317 g/mol. The summed E-state index contributed by atoms with van der Waals surface area (Å²) in [5.74, 6) is -0.296. The van der Waals surface area contributed by atoms with E-state index in [4.69, 9.17) is 5.26 Å². The number of hydrogen-bond acceptors (Lipinski definition) is 4. The standard InChI is InChI=1S/C19H15N3O2/c20-9-11-1-3-12(4-2-11)10-21-22-17(23)15-13-5-6-14(16(15)18(22)24)19(13)7-8-19/h1-6,10,13-16H,7-8H2/b21-10-/t13-,14-,15-,16-/m1/s1. The van der Waals surface area contributed by atoms with Gasteiger partial charge in [-0.2, -0.15) is 15.4 Å². The second kappa shape index (κ2) is 4.41. The SMILES string of the molecule is N#Cc1ccc(/C=N\N2C(=O)[C@H]3[C@H](C2=O)[C@H]2C=C[C@H]3C23CC3)cc1. The average molecular weight is 317 g/mol. The summed E-state index contributed by atoms with van der Waals surface area (Å²) < 4.78 is 0. The Kier molecular flexibility index (Phi) is 2.52. The van der Waals surface area contributed by atoms with Crippen LogP contribution < -0.4 is 0 Å². The molecule has 5 heteroatoms. The third-order valence-corrected chi connectivity index (χ3v) is 6.19. The molecule has 1 heterocycles. The molecule has 1 saturated heterocycles. The van der Waals surface area contributed by atoms with Crippen LogP contribution in [0.2, 0.25) is 0 Å². The molecule has 4 atom stereocenters. The van der Waals surface area contributed by atoms with Gasteiger partial charge in [-0.1, -0.05) is 24.3 Å². The normalized spacial score (nSPS) is 34.4. The van der Waals surface area contributed by atoms with Gasteiger partial charge in [0.15, 0.2) is 0 Å². The molecule has 2 bridgehead atoms. The number of carbonyl (C=O) groups excluding carboxylic acids is 2. The van der Waals surface area contributed by atoms with Gasteiger partial charge in [0.2, 0.25) is 0 Å². The summed E-state index contributed by atoms with van der Waals surface area (Å²) >= 11 is 0. The number of benzene rings is 1. The molecule has 5 rings (SSSR count). The van der Waals surface area contributed by atoms with Crippen LogP contribution in [0, 0.1) is 40.4 Å². The molecule has 1 aromatic rings. The highest BCUT2D eigenvalue weighted by molar-refractivity contribution is 6.07. The summed E-state index contributed by atoms with van der Waals surface area (Å²) in [5, 5.41) is 14.0. The van der Waals surface area contributed by atoms with Crippen molar-refractivity contribution in [2.75, 3.05) is 0 Å². The molecular formula is C19H15N3O2. The van der Waals surface area contributed by atoms with Gasteiger partial charge in [0.05, 0.1) is 29.7 Å². The highest BCUT2D eigenvalue weighted by Gasteiger charge is 2.73. The molecule has 24 heavy (non-hydrogen) atoms. The Hall–Kier alpha value is -2.74. The molecule has 118 valence electrons. The van der Waals surface area contributed by atoms with Crippen molar-refractivity contribution in [3.63, 3.8) is 0 Å². The molecule has 0 radical (unpaired) electrons. The second-order valence-corrected chi connectivity index (χ2v) is 7.19. The van der Waals surface area contributed by atoms with Crippen LogP contribution in [0.3, 0.4) is 0 Å². The predicted octanol–water partition coefficient (Wildman–Crippen LogP) is 2.09. The number of nitrogens with zero attached hydrogens (tertiary/aromatic N) is 3. The van der Waals surface area contributed by atoms with Gasteiger partial charge in [0.1, 0.15) is 0 Å². The Balaban J connectivity index is 1.41. The molecule has 0 N–H and O–H groups in total. The molecular weight excluding hydrogens is 302 g/mol. The van der Waals surface area contributed by atoms with Gasteiger partial charge in [-0.05, 0) is 47.8 Å². The maximum absolute atomic E-state index is 12.7. The molecule has 1 aromatic carbocycles. The second-order valence-electron chi connectivity index (χ2n) is 7.19. The summed E-state index contributed by atoms with van der Waals surface area (Å²) in [6.07, 6.45) is 8.09. The molecule has 4 aliphatic rings. The first-order valence-electron chi connectivity index (χ1n) is 8.26. The van der Waals surface area contributed by atoms with Crippen molar-refractivity contribution in [2.45, 2.75) is 12.8 Å². The number of fused-ring (bicyclic) bond motifs is 3. The van der Waals surface area contributed by atoms with Crippen molar-refractivity contribution in [3.05, 3.63) is 47.5 Å². The minimum absolute atomic E-state index is 0.155. The lowest BCUT2D eigenvalue weighted by molar-refractivity contribution is -0.141. The van der Waals surface area contributed by atoms with Crippen molar-refractivity contribution in [3.8, 4) is 6.07 Å². The Bertz CT molecular complexity index is 824. The lowest BCUT2D eigenvalue weighted by atomic mass is 9.85. The first-order chi connectivity index (χ1) is 11.7. The van der Waals surface area contributed by atoms with E-state index in [9.17, 15) is 9.59 Å². The number of carbonyl (C=O) groups is 2. The van der Waals surface area contributed by atoms with Gasteiger partial charge in [-0.15, -0.1) is 0 Å². The minimum Gasteiger partial charge on any atom is -0.272 e. The van der Waals surface area contributed by atoms with Gasteiger partial charge in [0.25, 0.3) is 11.8 Å². The minimum atomic E-state index is -0.215. The van der Waals surface area contributed by atoms with E-state index in [1.165, 1.54) is 6.21 Å². The largest absolute Gasteiger partial charge is 0.272 e. The van der Waals surface area contributed by atoms with E-state index < -0.39 is 0 Å². The zero-order valence-corrected chi connectivity index (χ0v) is 12.9. The zero-order valence-electron chi connectivity index (χ0n) is 12.9. The lowest BCUT2D eigenvalue weighted by Crippen LogP contribution is -2.30. The van der Waals surface area contributed by atoms with E-state index in [2.05, 4.69) is 23.3 Å². The van der Waals surface area contributed by atoms with Crippen molar-refractivity contribution in [2.24, 2.45) is 34.2 Å². The molecule has 3 aliphatic carbocycles. The number of rotatable bonds is 2. The molecule has 1 spiro atoms. The van der Waals surface area contributed by atoms with Crippen LogP contribution in [0.25, 0.3) is 0 Å². The third-order valence-electron chi connectivity index (χ3n) is 6.19. The molecule has 5 nitrogen and oxygen atoms in total. The van der Waals surface area contributed by atoms with Gasteiger partial charge in [0, 0.05) is 0 Å². The Morgan fingerprint density at radius 3 is 2.17 bits per heavy atom. The smallest absolute Gasteiger partial charge is 0.254 e. The maximum atomic E-state index is 12.7. The van der Waals surface area contributed by atoms with Crippen molar-refractivity contribution in [1.82, 2.24) is 5.01 Å². The third kappa shape index (κ3) is 1.56. The van der Waals surface area contributed by atoms with E-state index in [0.717, 1.165) is 23.4 Å². The van der Waals surface area contributed by atoms with Gasteiger partial charge in [-0.3, -0.25) is 9.59 Å². The molecule has 3 fully saturated rings. The zero-order chi connectivity index (χ0) is 16.5. The van der Waals surface area contributed by atoms with Crippen LogP contribution in [0.1, 0.15) is 24.0 Å². The Labute approximate surface area is 139 Å². The Morgan fingerprint density at radius 2 is 1.67 bits per heavy atom. The number of nitriles is 1. The van der Waals surface area contributed by atoms with E-state index in [1.807, 2.05) is 0 Å². The number of hydrazone groups is 1. The van der Waals surface area contributed by atoms with E-state index in [1.54, 1.807) is 24.3 Å². The number of amides is 2. The van der Waals surface area contributed by atoms with E-state index in [0.29, 0.717) is 5.56 Å². The first kappa shape index (κ1) is 13.7. The number of allylic oxidation sites excluding steroid dienone is 2. The highest BCUT2D eigenvalue weighted by Crippen LogP contribution is 2.73. The van der Waals surface area contributed by atoms with Crippen LogP contribution in [0.15, 0.2) is 41.5 Å². The average Bonchev–Trinajstić information content (AvgIpc) is 3.21. The van der Waals surface area contributed by atoms with Crippen molar-refractivity contribution >= 4 is 18.0 Å². The lowest BCUT2D eigenvalue weighted by Gasteiger charge is -2.18.